The van der Waals surface area contributed by atoms with Crippen LogP contribution in [0.5, 0.6) is 0 Å². The molecule has 0 saturated carbocycles. The number of amides is 1. The van der Waals surface area contributed by atoms with Gasteiger partial charge in [0, 0.05) is 43.1 Å². The van der Waals surface area contributed by atoms with E-state index < -0.39 is 4.92 Å². The molecular weight excluding hydrogens is 282 g/mol. The number of carbonyl (C=O) groups is 1. The van der Waals surface area contributed by atoms with E-state index in [0.29, 0.717) is 13.0 Å². The van der Waals surface area contributed by atoms with Crippen LogP contribution in [-0.4, -0.2) is 22.4 Å². The average molecular weight is 297 g/mol. The molecule has 2 rings (SSSR count). The van der Waals surface area contributed by atoms with Gasteiger partial charge in [0.05, 0.1) is 4.92 Å². The molecule has 0 unspecified atom stereocenters. The normalized spacial score (nSPS) is 10.5. The van der Waals surface area contributed by atoms with Crippen molar-refractivity contribution in [3.05, 3.63) is 76.1 Å². The lowest BCUT2D eigenvalue weighted by molar-refractivity contribution is -0.384. The summed E-state index contributed by atoms with van der Waals surface area (Å²) in [5, 5.41) is 13.3. The van der Waals surface area contributed by atoms with Crippen molar-refractivity contribution in [1.82, 2.24) is 10.3 Å². The maximum absolute atomic E-state index is 11.7. The van der Waals surface area contributed by atoms with Gasteiger partial charge in [-0.2, -0.15) is 0 Å². The van der Waals surface area contributed by atoms with Crippen molar-refractivity contribution < 1.29 is 9.72 Å². The van der Waals surface area contributed by atoms with Crippen LogP contribution in [0.4, 0.5) is 5.69 Å². The topological polar surface area (TPSA) is 85.1 Å². The van der Waals surface area contributed by atoms with Crippen LogP contribution in [0, 0.1) is 10.1 Å². The Bertz CT molecular complexity index is 667. The van der Waals surface area contributed by atoms with Crippen molar-refractivity contribution in [2.75, 3.05) is 6.54 Å². The molecule has 0 saturated heterocycles. The average Bonchev–Trinajstić information content (AvgIpc) is 2.54. The van der Waals surface area contributed by atoms with Crippen molar-refractivity contribution in [2.24, 2.45) is 0 Å². The first-order valence-electron chi connectivity index (χ1n) is 6.75. The highest BCUT2D eigenvalue weighted by atomic mass is 16.6. The zero-order chi connectivity index (χ0) is 15.8. The number of rotatable bonds is 6. The van der Waals surface area contributed by atoms with Crippen LogP contribution in [0.25, 0.3) is 6.08 Å². The molecule has 0 fully saturated rings. The fourth-order valence-electron chi connectivity index (χ4n) is 1.80. The molecule has 112 valence electrons. The number of nitro benzene ring substituents is 1. The smallest absolute Gasteiger partial charge is 0.269 e. The largest absolute Gasteiger partial charge is 0.352 e. The third-order valence-electron chi connectivity index (χ3n) is 2.94. The maximum Gasteiger partial charge on any atom is 0.269 e. The lowest BCUT2D eigenvalue weighted by Crippen LogP contribution is -2.23. The molecule has 6 heteroatoms. The first-order chi connectivity index (χ1) is 10.6. The number of hydrogen-bond donors (Lipinski definition) is 1. The fourth-order valence-corrected chi connectivity index (χ4v) is 1.80. The first kappa shape index (κ1) is 15.4. The second-order valence-corrected chi connectivity index (χ2v) is 4.54. The van der Waals surface area contributed by atoms with Crippen LogP contribution in [0.15, 0.2) is 54.7 Å². The molecule has 1 aromatic carbocycles. The lowest BCUT2D eigenvalue weighted by atomic mass is 10.2. The quantitative estimate of drug-likeness (QED) is 0.504. The van der Waals surface area contributed by atoms with E-state index in [2.05, 4.69) is 10.3 Å². The molecule has 0 bridgehead atoms. The zero-order valence-corrected chi connectivity index (χ0v) is 11.8. The number of pyridine rings is 1. The van der Waals surface area contributed by atoms with E-state index in [0.717, 1.165) is 11.3 Å². The summed E-state index contributed by atoms with van der Waals surface area (Å²) in [6.07, 6.45) is 5.39. The number of benzene rings is 1. The second-order valence-electron chi connectivity index (χ2n) is 4.54. The standard InChI is InChI=1S/C16H15N3O3/c20-16(18-12-10-14-3-1-2-11-17-14)9-6-13-4-7-15(8-5-13)19(21)22/h1-9,11H,10,12H2,(H,18,20). The van der Waals surface area contributed by atoms with Gasteiger partial charge in [0.1, 0.15) is 0 Å². The molecule has 1 heterocycles. The Hall–Kier alpha value is -3.02. The third-order valence-corrected chi connectivity index (χ3v) is 2.94. The predicted molar refractivity (Wildman–Crippen MR) is 83.1 cm³/mol. The molecule has 0 aliphatic rings. The van der Waals surface area contributed by atoms with E-state index >= 15 is 0 Å². The monoisotopic (exact) mass is 297 g/mol. The van der Waals surface area contributed by atoms with Crippen molar-refractivity contribution in [3.63, 3.8) is 0 Å². The van der Waals surface area contributed by atoms with Gasteiger partial charge in [-0.3, -0.25) is 19.9 Å². The van der Waals surface area contributed by atoms with Gasteiger partial charge in [0.2, 0.25) is 5.91 Å². The Balaban J connectivity index is 1.80. The van der Waals surface area contributed by atoms with Gasteiger partial charge in [-0.05, 0) is 35.9 Å². The molecule has 1 N–H and O–H groups in total. The van der Waals surface area contributed by atoms with Gasteiger partial charge in [0.25, 0.3) is 5.69 Å². The highest BCUT2D eigenvalue weighted by molar-refractivity contribution is 5.91. The van der Waals surface area contributed by atoms with E-state index in [4.69, 9.17) is 0 Å². The molecule has 0 aliphatic carbocycles. The number of nitrogens with one attached hydrogen (secondary N) is 1. The highest BCUT2D eigenvalue weighted by Crippen LogP contribution is 2.12. The summed E-state index contributed by atoms with van der Waals surface area (Å²) in [4.78, 5) is 25.9. The van der Waals surface area contributed by atoms with E-state index in [1.54, 1.807) is 24.4 Å². The Kier molecular flexibility index (Phi) is 5.37. The molecule has 2 aromatic rings. The molecule has 0 atom stereocenters. The molecule has 1 amide bonds. The van der Waals surface area contributed by atoms with Gasteiger partial charge in [-0.25, -0.2) is 0 Å². The molecule has 0 aliphatic heterocycles. The second kappa shape index (κ2) is 7.68. The maximum atomic E-state index is 11.7. The van der Waals surface area contributed by atoms with Crippen LogP contribution in [-0.2, 0) is 11.2 Å². The van der Waals surface area contributed by atoms with E-state index in [-0.39, 0.29) is 11.6 Å². The fraction of sp³-hybridized carbons (Fsp3) is 0.125. The number of nitro groups is 1. The van der Waals surface area contributed by atoms with Gasteiger partial charge < -0.3 is 5.32 Å². The number of nitrogens with zero attached hydrogens (tertiary/aromatic N) is 2. The summed E-state index contributed by atoms with van der Waals surface area (Å²) in [5.41, 5.74) is 1.67. The number of non-ortho nitro benzene ring substituents is 1. The summed E-state index contributed by atoms with van der Waals surface area (Å²) >= 11 is 0. The summed E-state index contributed by atoms with van der Waals surface area (Å²) in [5.74, 6) is -0.214. The Morgan fingerprint density at radius 3 is 2.64 bits per heavy atom. The van der Waals surface area contributed by atoms with Crippen molar-refractivity contribution in [3.8, 4) is 0 Å². The Labute approximate surface area is 127 Å². The summed E-state index contributed by atoms with van der Waals surface area (Å²) < 4.78 is 0. The van der Waals surface area contributed by atoms with Crippen LogP contribution < -0.4 is 5.32 Å². The number of hydrogen-bond acceptors (Lipinski definition) is 4. The van der Waals surface area contributed by atoms with Gasteiger partial charge in [-0.15, -0.1) is 0 Å². The highest BCUT2D eigenvalue weighted by Gasteiger charge is 2.02. The number of carbonyl (C=O) groups excluding carboxylic acids is 1. The Morgan fingerprint density at radius 2 is 2.00 bits per heavy atom. The molecular formula is C16H15N3O3. The van der Waals surface area contributed by atoms with E-state index in [1.165, 1.54) is 18.2 Å². The van der Waals surface area contributed by atoms with Crippen LogP contribution in [0.3, 0.4) is 0 Å². The molecule has 1 aromatic heterocycles. The van der Waals surface area contributed by atoms with Crippen molar-refractivity contribution in [1.29, 1.82) is 0 Å². The van der Waals surface area contributed by atoms with Crippen molar-refractivity contribution >= 4 is 17.7 Å². The van der Waals surface area contributed by atoms with Gasteiger partial charge >= 0.3 is 0 Å². The summed E-state index contributed by atoms with van der Waals surface area (Å²) in [6, 6.07) is 11.6. The van der Waals surface area contributed by atoms with Gasteiger partial charge in [0.15, 0.2) is 0 Å². The summed E-state index contributed by atoms with van der Waals surface area (Å²) in [7, 11) is 0. The Morgan fingerprint density at radius 1 is 1.23 bits per heavy atom. The van der Waals surface area contributed by atoms with Crippen LogP contribution in [0.1, 0.15) is 11.3 Å². The SMILES string of the molecule is O=C(C=Cc1ccc([N+](=O)[O-])cc1)NCCc1ccccn1. The molecule has 0 spiro atoms. The van der Waals surface area contributed by atoms with Gasteiger partial charge in [-0.1, -0.05) is 6.07 Å². The molecule has 0 radical (unpaired) electrons. The van der Waals surface area contributed by atoms with Crippen molar-refractivity contribution in [2.45, 2.75) is 6.42 Å². The zero-order valence-electron chi connectivity index (χ0n) is 11.8. The van der Waals surface area contributed by atoms with E-state index in [9.17, 15) is 14.9 Å². The van der Waals surface area contributed by atoms with Crippen LogP contribution >= 0.6 is 0 Å². The van der Waals surface area contributed by atoms with E-state index in [1.807, 2.05) is 18.2 Å². The third kappa shape index (κ3) is 4.82. The minimum absolute atomic E-state index is 0.0250. The molecule has 6 nitrogen and oxygen atoms in total. The minimum atomic E-state index is -0.460. The predicted octanol–water partition coefficient (Wildman–Crippen LogP) is 2.36. The molecule has 22 heavy (non-hydrogen) atoms. The minimum Gasteiger partial charge on any atom is -0.352 e. The first-order valence-corrected chi connectivity index (χ1v) is 6.75. The summed E-state index contributed by atoms with van der Waals surface area (Å²) in [6.45, 7) is 0.500. The number of aromatic nitrogens is 1. The van der Waals surface area contributed by atoms with Crippen LogP contribution in [0.2, 0.25) is 0 Å². The lowest BCUT2D eigenvalue weighted by Gasteiger charge is -2.01.